The van der Waals surface area contributed by atoms with Gasteiger partial charge >= 0.3 is 0 Å². The molecule has 2 aromatic rings. The molecule has 0 N–H and O–H groups in total. The van der Waals surface area contributed by atoms with Gasteiger partial charge in [-0.05, 0) is 17.5 Å². The lowest BCUT2D eigenvalue weighted by atomic mass is 9.83. The van der Waals surface area contributed by atoms with Crippen LogP contribution < -0.4 is 0 Å². The largest absolute Gasteiger partial charge is 0.331 e. The number of nitrogens with zero attached hydrogens (tertiary/aromatic N) is 2. The van der Waals surface area contributed by atoms with Gasteiger partial charge in [0.1, 0.15) is 0 Å². The second-order valence-corrected chi connectivity index (χ2v) is 6.53. The molecule has 2 amide bonds. The van der Waals surface area contributed by atoms with E-state index in [-0.39, 0.29) is 23.8 Å². The van der Waals surface area contributed by atoms with Crippen molar-refractivity contribution in [3.8, 4) is 0 Å². The van der Waals surface area contributed by atoms with Crippen LogP contribution in [0.25, 0.3) is 0 Å². The van der Waals surface area contributed by atoms with Crippen LogP contribution in [-0.2, 0) is 21.0 Å². The third kappa shape index (κ3) is 3.78. The highest BCUT2D eigenvalue weighted by molar-refractivity contribution is 5.84. The van der Waals surface area contributed by atoms with Gasteiger partial charge in [0.05, 0.1) is 19.1 Å². The number of piperidine rings is 1. The van der Waals surface area contributed by atoms with Crippen molar-refractivity contribution in [2.75, 3.05) is 14.2 Å². The van der Waals surface area contributed by atoms with E-state index in [4.69, 9.17) is 4.84 Å². The molecule has 0 aromatic heterocycles. The molecule has 5 nitrogen and oxygen atoms in total. The average molecular weight is 352 g/mol. The lowest BCUT2D eigenvalue weighted by Crippen LogP contribution is -2.47. The highest BCUT2D eigenvalue weighted by Gasteiger charge is 2.41. The molecule has 0 saturated carbocycles. The van der Waals surface area contributed by atoms with E-state index in [2.05, 4.69) is 0 Å². The van der Waals surface area contributed by atoms with Crippen LogP contribution in [0.4, 0.5) is 0 Å². The topological polar surface area (TPSA) is 49.9 Å². The Morgan fingerprint density at radius 1 is 1.12 bits per heavy atom. The number of carbonyl (C=O) groups excluding carboxylic acids is 2. The van der Waals surface area contributed by atoms with Gasteiger partial charge in [-0.3, -0.25) is 14.4 Å². The van der Waals surface area contributed by atoms with Gasteiger partial charge in [0.15, 0.2) is 0 Å². The maximum absolute atomic E-state index is 12.9. The van der Waals surface area contributed by atoms with Gasteiger partial charge in [0.2, 0.25) is 5.91 Å². The average Bonchev–Trinajstić information content (AvgIpc) is 2.69. The molecule has 0 bridgehead atoms. The Kier molecular flexibility index (Phi) is 5.68. The Bertz CT molecular complexity index is 748. The fourth-order valence-electron chi connectivity index (χ4n) is 3.56. The summed E-state index contributed by atoms with van der Waals surface area (Å²) in [6.07, 6.45) is 0.889. The Balaban J connectivity index is 1.98. The molecule has 2 atom stereocenters. The number of hydroxylamine groups is 2. The summed E-state index contributed by atoms with van der Waals surface area (Å²) in [5.41, 5.74) is 2.02. The molecule has 0 radical (unpaired) electrons. The zero-order valence-electron chi connectivity index (χ0n) is 15.2. The molecule has 0 aliphatic carbocycles. The summed E-state index contributed by atoms with van der Waals surface area (Å²) in [5.74, 6) is -0.359. The molecule has 1 heterocycles. The minimum Gasteiger partial charge on any atom is -0.331 e. The van der Waals surface area contributed by atoms with Crippen molar-refractivity contribution in [1.82, 2.24) is 9.96 Å². The summed E-state index contributed by atoms with van der Waals surface area (Å²) in [6.45, 7) is 0.486. The zero-order valence-corrected chi connectivity index (χ0v) is 15.2. The first kappa shape index (κ1) is 18.1. The quantitative estimate of drug-likeness (QED) is 0.777. The summed E-state index contributed by atoms with van der Waals surface area (Å²) in [5, 5.41) is 1.26. The predicted molar refractivity (Wildman–Crippen MR) is 98.7 cm³/mol. The molecule has 1 fully saturated rings. The molecule has 2 aromatic carbocycles. The van der Waals surface area contributed by atoms with Gasteiger partial charge in [-0.1, -0.05) is 60.7 Å². The fraction of sp³-hybridized carbons (Fsp3) is 0.333. The summed E-state index contributed by atoms with van der Waals surface area (Å²) < 4.78 is 0. The standard InChI is InChI=1S/C21H24N2O3/c1-22(26-2)21(25)18-13-14-19(24)23(15-16-9-5-3-6-10-16)20(18)17-11-7-4-8-12-17/h3-12,18,20H,13-15H2,1-2H3/t18-,20-/m1/s1. The summed E-state index contributed by atoms with van der Waals surface area (Å²) >= 11 is 0. The SMILES string of the molecule is CON(C)C(=O)[C@@H]1CCC(=O)N(Cc2ccccc2)[C@@H]1c1ccccc1. The first-order chi connectivity index (χ1) is 12.6. The van der Waals surface area contributed by atoms with Crippen molar-refractivity contribution in [2.45, 2.75) is 25.4 Å². The summed E-state index contributed by atoms with van der Waals surface area (Å²) in [7, 11) is 3.09. The van der Waals surface area contributed by atoms with Gasteiger partial charge < -0.3 is 4.90 Å². The van der Waals surface area contributed by atoms with Crippen molar-refractivity contribution < 1.29 is 14.4 Å². The second kappa shape index (κ2) is 8.15. The molecular formula is C21H24N2O3. The van der Waals surface area contributed by atoms with Crippen molar-refractivity contribution in [3.05, 3.63) is 71.8 Å². The second-order valence-electron chi connectivity index (χ2n) is 6.53. The van der Waals surface area contributed by atoms with Crippen molar-refractivity contribution >= 4 is 11.8 Å². The minimum atomic E-state index is -0.330. The number of carbonyl (C=O) groups is 2. The molecule has 5 heteroatoms. The smallest absolute Gasteiger partial charge is 0.251 e. The molecule has 3 rings (SSSR count). The number of hydrogen-bond acceptors (Lipinski definition) is 3. The summed E-state index contributed by atoms with van der Waals surface area (Å²) in [6, 6.07) is 19.4. The first-order valence-corrected chi connectivity index (χ1v) is 8.82. The minimum absolute atomic E-state index is 0.0758. The molecule has 136 valence electrons. The lowest BCUT2D eigenvalue weighted by molar-refractivity contribution is -0.178. The Labute approximate surface area is 154 Å². The van der Waals surface area contributed by atoms with Gasteiger partial charge in [-0.15, -0.1) is 0 Å². The highest BCUT2D eigenvalue weighted by Crippen LogP contribution is 2.38. The normalized spacial score (nSPS) is 20.1. The van der Waals surface area contributed by atoms with Crippen molar-refractivity contribution in [1.29, 1.82) is 0 Å². The first-order valence-electron chi connectivity index (χ1n) is 8.82. The van der Waals surface area contributed by atoms with Crippen LogP contribution >= 0.6 is 0 Å². The molecular weight excluding hydrogens is 328 g/mol. The van der Waals surface area contributed by atoms with Crippen LogP contribution in [0.5, 0.6) is 0 Å². The van der Waals surface area contributed by atoms with Crippen molar-refractivity contribution in [3.63, 3.8) is 0 Å². The van der Waals surface area contributed by atoms with Gasteiger partial charge in [0.25, 0.3) is 5.91 Å². The highest BCUT2D eigenvalue weighted by atomic mass is 16.7. The Morgan fingerprint density at radius 3 is 2.35 bits per heavy atom. The lowest BCUT2D eigenvalue weighted by Gasteiger charge is -2.41. The van der Waals surface area contributed by atoms with Crippen LogP contribution in [0.2, 0.25) is 0 Å². The number of benzene rings is 2. The number of hydrogen-bond donors (Lipinski definition) is 0. The molecule has 26 heavy (non-hydrogen) atoms. The van der Waals surface area contributed by atoms with E-state index in [0.717, 1.165) is 11.1 Å². The van der Waals surface area contributed by atoms with Crippen LogP contribution in [0.3, 0.4) is 0 Å². The van der Waals surface area contributed by atoms with E-state index in [0.29, 0.717) is 19.4 Å². The van der Waals surface area contributed by atoms with Crippen LogP contribution in [0, 0.1) is 5.92 Å². The third-order valence-electron chi connectivity index (χ3n) is 4.94. The zero-order chi connectivity index (χ0) is 18.5. The fourth-order valence-corrected chi connectivity index (χ4v) is 3.56. The van der Waals surface area contributed by atoms with Gasteiger partial charge in [-0.2, -0.15) is 0 Å². The Morgan fingerprint density at radius 2 is 1.73 bits per heavy atom. The number of likely N-dealkylation sites (tertiary alicyclic amines) is 1. The molecule has 1 aliphatic rings. The number of rotatable bonds is 5. The van der Waals surface area contributed by atoms with E-state index in [1.807, 2.05) is 65.6 Å². The molecule has 1 saturated heterocycles. The van der Waals surface area contributed by atoms with E-state index < -0.39 is 0 Å². The summed E-state index contributed by atoms with van der Waals surface area (Å²) in [4.78, 5) is 32.6. The van der Waals surface area contributed by atoms with Gasteiger partial charge in [0, 0.05) is 20.0 Å². The third-order valence-corrected chi connectivity index (χ3v) is 4.94. The maximum Gasteiger partial charge on any atom is 0.251 e. The van der Waals surface area contributed by atoms with E-state index in [1.165, 1.54) is 12.2 Å². The van der Waals surface area contributed by atoms with E-state index >= 15 is 0 Å². The molecule has 0 unspecified atom stereocenters. The van der Waals surface area contributed by atoms with E-state index in [1.54, 1.807) is 7.05 Å². The Hall–Kier alpha value is -2.66. The van der Waals surface area contributed by atoms with Crippen LogP contribution in [0.1, 0.15) is 30.0 Å². The molecule has 1 aliphatic heterocycles. The predicted octanol–water partition coefficient (Wildman–Crippen LogP) is 3.19. The molecule has 0 spiro atoms. The van der Waals surface area contributed by atoms with Crippen molar-refractivity contribution in [2.24, 2.45) is 5.92 Å². The number of amides is 2. The van der Waals surface area contributed by atoms with Crippen LogP contribution in [-0.4, -0.2) is 35.9 Å². The van der Waals surface area contributed by atoms with Crippen LogP contribution in [0.15, 0.2) is 60.7 Å². The van der Waals surface area contributed by atoms with E-state index in [9.17, 15) is 9.59 Å². The maximum atomic E-state index is 12.9. The monoisotopic (exact) mass is 352 g/mol. The van der Waals surface area contributed by atoms with Gasteiger partial charge in [-0.25, -0.2) is 5.06 Å².